The lowest BCUT2D eigenvalue weighted by atomic mass is 10.1. The van der Waals surface area contributed by atoms with Crippen LogP contribution in [0.4, 0.5) is 11.6 Å². The van der Waals surface area contributed by atoms with Crippen LogP contribution in [0.1, 0.15) is 0 Å². The fourth-order valence-corrected chi connectivity index (χ4v) is 2.87. The number of rotatable bonds is 1. The molecule has 0 aliphatic heterocycles. The molecular weight excluding hydrogens is 230 g/mol. The highest BCUT2D eigenvalue weighted by molar-refractivity contribution is 7.17. The van der Waals surface area contributed by atoms with Crippen molar-refractivity contribution in [1.82, 2.24) is 4.98 Å². The van der Waals surface area contributed by atoms with Gasteiger partial charge < -0.3 is 11.5 Å². The molecule has 0 amide bonds. The quantitative estimate of drug-likeness (QED) is 0.688. The molecule has 3 nitrogen and oxygen atoms in total. The molecule has 4 heteroatoms. The van der Waals surface area contributed by atoms with Gasteiger partial charge in [-0.3, -0.25) is 0 Å². The molecule has 17 heavy (non-hydrogen) atoms. The maximum absolute atomic E-state index is 5.92. The SMILES string of the molecule is Nc1ccc(-c2csc3ccccc23)c(N)n1. The van der Waals surface area contributed by atoms with E-state index in [0.717, 1.165) is 11.1 Å². The zero-order valence-electron chi connectivity index (χ0n) is 9.05. The maximum atomic E-state index is 5.92. The molecule has 1 aromatic carbocycles. The van der Waals surface area contributed by atoms with Crippen LogP contribution in [0.3, 0.4) is 0 Å². The third-order valence-electron chi connectivity index (χ3n) is 2.72. The summed E-state index contributed by atoms with van der Waals surface area (Å²) in [6.07, 6.45) is 0. The second kappa shape index (κ2) is 3.75. The second-order valence-electron chi connectivity index (χ2n) is 3.81. The number of anilines is 2. The Morgan fingerprint density at radius 3 is 2.59 bits per heavy atom. The lowest BCUT2D eigenvalue weighted by Gasteiger charge is -2.04. The molecule has 0 aliphatic rings. The number of nitrogens with two attached hydrogens (primary N) is 2. The average Bonchev–Trinajstić information content (AvgIpc) is 2.73. The van der Waals surface area contributed by atoms with Crippen molar-refractivity contribution in [2.45, 2.75) is 0 Å². The van der Waals surface area contributed by atoms with Gasteiger partial charge in [0.25, 0.3) is 0 Å². The molecule has 0 atom stereocenters. The van der Waals surface area contributed by atoms with E-state index < -0.39 is 0 Å². The van der Waals surface area contributed by atoms with Gasteiger partial charge in [0.1, 0.15) is 11.6 Å². The van der Waals surface area contributed by atoms with E-state index in [4.69, 9.17) is 11.5 Å². The standard InChI is InChI=1S/C13H11N3S/c14-12-6-5-9(13(15)16-12)10-7-17-11-4-2-1-3-8(10)11/h1-7H,(H4,14,15,16). The van der Waals surface area contributed by atoms with Crippen LogP contribution in [0, 0.1) is 0 Å². The van der Waals surface area contributed by atoms with Gasteiger partial charge in [0, 0.05) is 21.2 Å². The molecule has 0 unspecified atom stereocenters. The van der Waals surface area contributed by atoms with Gasteiger partial charge in [-0.05, 0) is 23.6 Å². The van der Waals surface area contributed by atoms with Crippen LogP contribution in [0.5, 0.6) is 0 Å². The Morgan fingerprint density at radius 1 is 0.941 bits per heavy atom. The van der Waals surface area contributed by atoms with E-state index in [0.29, 0.717) is 11.6 Å². The number of benzene rings is 1. The molecule has 0 bridgehead atoms. The minimum atomic E-state index is 0.450. The van der Waals surface area contributed by atoms with Crippen LogP contribution in [0.15, 0.2) is 41.8 Å². The van der Waals surface area contributed by atoms with Gasteiger partial charge in [-0.2, -0.15) is 0 Å². The number of hydrogen-bond donors (Lipinski definition) is 2. The molecule has 84 valence electrons. The van der Waals surface area contributed by atoms with E-state index >= 15 is 0 Å². The van der Waals surface area contributed by atoms with E-state index in [9.17, 15) is 0 Å². The van der Waals surface area contributed by atoms with Gasteiger partial charge in [-0.25, -0.2) is 4.98 Å². The average molecular weight is 241 g/mol. The number of aromatic nitrogens is 1. The van der Waals surface area contributed by atoms with Crippen molar-refractivity contribution in [3.8, 4) is 11.1 Å². The highest BCUT2D eigenvalue weighted by Crippen LogP contribution is 2.36. The number of thiophene rings is 1. The summed E-state index contributed by atoms with van der Waals surface area (Å²) in [5.74, 6) is 0.930. The summed E-state index contributed by atoms with van der Waals surface area (Å²) >= 11 is 1.71. The van der Waals surface area contributed by atoms with Crippen LogP contribution in [0.2, 0.25) is 0 Å². The number of pyridine rings is 1. The number of fused-ring (bicyclic) bond motifs is 1. The lowest BCUT2D eigenvalue weighted by molar-refractivity contribution is 1.35. The topological polar surface area (TPSA) is 64.9 Å². The first-order chi connectivity index (χ1) is 8.25. The molecule has 0 fully saturated rings. The van der Waals surface area contributed by atoms with E-state index in [1.54, 1.807) is 17.4 Å². The van der Waals surface area contributed by atoms with Crippen molar-refractivity contribution < 1.29 is 0 Å². The van der Waals surface area contributed by atoms with Gasteiger partial charge in [-0.1, -0.05) is 18.2 Å². The summed E-state index contributed by atoms with van der Waals surface area (Å²) in [7, 11) is 0. The minimum absolute atomic E-state index is 0.450. The summed E-state index contributed by atoms with van der Waals surface area (Å²) in [5.41, 5.74) is 13.6. The predicted molar refractivity (Wildman–Crippen MR) is 73.9 cm³/mol. The third-order valence-corrected chi connectivity index (χ3v) is 3.68. The smallest absolute Gasteiger partial charge is 0.133 e. The number of nitrogen functional groups attached to an aromatic ring is 2. The zero-order chi connectivity index (χ0) is 11.8. The summed E-state index contributed by atoms with van der Waals surface area (Å²) in [4.78, 5) is 4.10. The van der Waals surface area contributed by atoms with E-state index in [1.165, 1.54) is 10.1 Å². The molecule has 0 saturated carbocycles. The first-order valence-corrected chi connectivity index (χ1v) is 6.12. The summed E-state index contributed by atoms with van der Waals surface area (Å²) in [6.45, 7) is 0. The Kier molecular flexibility index (Phi) is 2.23. The Hall–Kier alpha value is -2.07. The normalized spacial score (nSPS) is 10.8. The maximum Gasteiger partial charge on any atom is 0.133 e. The van der Waals surface area contributed by atoms with Gasteiger partial charge in [0.05, 0.1) is 0 Å². The van der Waals surface area contributed by atoms with Crippen LogP contribution >= 0.6 is 11.3 Å². The summed E-state index contributed by atoms with van der Waals surface area (Å²) in [6, 6.07) is 12.0. The van der Waals surface area contributed by atoms with Crippen molar-refractivity contribution in [3.63, 3.8) is 0 Å². The van der Waals surface area contributed by atoms with Gasteiger partial charge in [-0.15, -0.1) is 11.3 Å². The van der Waals surface area contributed by atoms with Crippen LogP contribution < -0.4 is 11.5 Å². The van der Waals surface area contributed by atoms with Crippen molar-refractivity contribution in [3.05, 3.63) is 41.8 Å². The molecular formula is C13H11N3S. The Bertz CT molecular complexity index is 688. The van der Waals surface area contributed by atoms with Crippen molar-refractivity contribution in [1.29, 1.82) is 0 Å². The molecule has 4 N–H and O–H groups in total. The first-order valence-electron chi connectivity index (χ1n) is 5.24. The largest absolute Gasteiger partial charge is 0.384 e. The molecule has 2 heterocycles. The predicted octanol–water partition coefficient (Wildman–Crippen LogP) is 3.13. The van der Waals surface area contributed by atoms with Gasteiger partial charge >= 0.3 is 0 Å². The lowest BCUT2D eigenvalue weighted by Crippen LogP contribution is -1.97. The Morgan fingerprint density at radius 2 is 1.76 bits per heavy atom. The summed E-state index contributed by atoms with van der Waals surface area (Å²) in [5, 5.41) is 3.31. The number of hydrogen-bond acceptors (Lipinski definition) is 4. The van der Waals surface area contributed by atoms with Gasteiger partial charge in [0.2, 0.25) is 0 Å². The van der Waals surface area contributed by atoms with Crippen molar-refractivity contribution >= 4 is 33.1 Å². The molecule has 3 aromatic rings. The highest BCUT2D eigenvalue weighted by atomic mass is 32.1. The Labute approximate surface area is 103 Å². The second-order valence-corrected chi connectivity index (χ2v) is 4.73. The molecule has 2 aromatic heterocycles. The van der Waals surface area contributed by atoms with Crippen LogP contribution in [-0.4, -0.2) is 4.98 Å². The monoisotopic (exact) mass is 241 g/mol. The molecule has 0 radical (unpaired) electrons. The van der Waals surface area contributed by atoms with E-state index in [2.05, 4.69) is 22.5 Å². The van der Waals surface area contributed by atoms with Crippen LogP contribution in [-0.2, 0) is 0 Å². The van der Waals surface area contributed by atoms with E-state index in [-0.39, 0.29) is 0 Å². The first kappa shape index (κ1) is 10.1. The van der Waals surface area contributed by atoms with E-state index in [1.807, 2.05) is 18.2 Å². The number of nitrogens with zero attached hydrogens (tertiary/aromatic N) is 1. The highest BCUT2D eigenvalue weighted by Gasteiger charge is 2.09. The molecule has 0 saturated heterocycles. The molecule has 0 aliphatic carbocycles. The third kappa shape index (κ3) is 1.62. The fraction of sp³-hybridized carbons (Fsp3) is 0. The zero-order valence-corrected chi connectivity index (χ0v) is 9.87. The van der Waals surface area contributed by atoms with Gasteiger partial charge in [0.15, 0.2) is 0 Å². The Balaban J connectivity index is 2.27. The minimum Gasteiger partial charge on any atom is -0.384 e. The van der Waals surface area contributed by atoms with Crippen molar-refractivity contribution in [2.75, 3.05) is 11.5 Å². The van der Waals surface area contributed by atoms with Crippen LogP contribution in [0.25, 0.3) is 21.2 Å². The van der Waals surface area contributed by atoms with Crippen molar-refractivity contribution in [2.24, 2.45) is 0 Å². The summed E-state index contributed by atoms with van der Waals surface area (Å²) < 4.78 is 1.25. The molecule has 3 rings (SSSR count). The molecule has 0 spiro atoms. The fourth-order valence-electron chi connectivity index (χ4n) is 1.90.